The van der Waals surface area contributed by atoms with Crippen molar-refractivity contribution in [3.63, 3.8) is 0 Å². The van der Waals surface area contributed by atoms with E-state index in [1.807, 2.05) is 0 Å². The number of aliphatic hydroxyl groups is 1. The minimum atomic E-state index is -0.581. The predicted octanol–water partition coefficient (Wildman–Crippen LogP) is -0.151. The summed E-state index contributed by atoms with van der Waals surface area (Å²) in [5.74, 6) is -0.286. The third kappa shape index (κ3) is 0.671. The van der Waals surface area contributed by atoms with Crippen molar-refractivity contribution in [2.45, 2.75) is 18.6 Å². The SMILES string of the molecule is O=C1O[C@H]2C[C@@H]1C=C[C@@H]2O. The van der Waals surface area contributed by atoms with Gasteiger partial charge in [-0.15, -0.1) is 0 Å². The Hall–Kier alpha value is -0.830. The average molecular weight is 140 g/mol. The van der Waals surface area contributed by atoms with E-state index in [0.717, 1.165) is 0 Å². The molecule has 1 N–H and O–H groups in total. The fourth-order valence-electron chi connectivity index (χ4n) is 1.37. The zero-order valence-electron chi connectivity index (χ0n) is 5.36. The lowest BCUT2D eigenvalue weighted by Crippen LogP contribution is -2.24. The molecule has 2 rings (SSSR count). The summed E-state index contributed by atoms with van der Waals surface area (Å²) < 4.78 is 4.85. The van der Waals surface area contributed by atoms with Crippen molar-refractivity contribution in [1.29, 1.82) is 0 Å². The number of hydrogen-bond acceptors (Lipinski definition) is 3. The highest BCUT2D eigenvalue weighted by Gasteiger charge is 2.39. The molecule has 0 aromatic rings. The minimum Gasteiger partial charge on any atom is -0.459 e. The van der Waals surface area contributed by atoms with Crippen LogP contribution in [0, 0.1) is 5.92 Å². The van der Waals surface area contributed by atoms with Crippen molar-refractivity contribution < 1.29 is 14.6 Å². The maximum atomic E-state index is 10.8. The quantitative estimate of drug-likeness (QED) is 0.376. The summed E-state index contributed by atoms with van der Waals surface area (Å²) in [6, 6.07) is 0. The van der Waals surface area contributed by atoms with Crippen molar-refractivity contribution in [3.05, 3.63) is 12.2 Å². The number of aliphatic hydroxyl groups excluding tert-OH is 1. The van der Waals surface area contributed by atoms with Crippen LogP contribution in [0.5, 0.6) is 0 Å². The summed E-state index contributed by atoms with van der Waals surface area (Å²) in [6.45, 7) is 0. The molecule has 3 heteroatoms. The van der Waals surface area contributed by atoms with Crippen molar-refractivity contribution in [1.82, 2.24) is 0 Å². The van der Waals surface area contributed by atoms with E-state index in [9.17, 15) is 4.79 Å². The molecule has 0 saturated carbocycles. The van der Waals surface area contributed by atoms with Gasteiger partial charge in [-0.25, -0.2) is 0 Å². The van der Waals surface area contributed by atoms with Gasteiger partial charge in [0.05, 0.1) is 5.92 Å². The minimum absolute atomic E-state index is 0.0894. The van der Waals surface area contributed by atoms with Gasteiger partial charge < -0.3 is 9.84 Å². The number of carbonyl (C=O) groups excluding carboxylic acids is 1. The standard InChI is InChI=1S/C7H8O3/c8-5-2-1-4-3-6(5)10-7(4)9/h1-2,4-6,8H,3H2/t4-,5-,6-/m0/s1. The van der Waals surface area contributed by atoms with Crippen LogP contribution in [-0.2, 0) is 9.53 Å². The number of esters is 1. The van der Waals surface area contributed by atoms with E-state index in [1.165, 1.54) is 0 Å². The molecular formula is C7H8O3. The molecule has 0 radical (unpaired) electrons. The normalized spacial score (nSPS) is 43.7. The summed E-state index contributed by atoms with van der Waals surface area (Å²) in [6.07, 6.45) is 3.14. The van der Waals surface area contributed by atoms with Gasteiger partial charge in [-0.2, -0.15) is 0 Å². The van der Waals surface area contributed by atoms with Crippen molar-refractivity contribution in [2.75, 3.05) is 0 Å². The lowest BCUT2D eigenvalue weighted by atomic mass is 9.95. The summed E-state index contributed by atoms with van der Waals surface area (Å²) in [7, 11) is 0. The highest BCUT2D eigenvalue weighted by molar-refractivity contribution is 5.77. The maximum Gasteiger partial charge on any atom is 0.313 e. The fraction of sp³-hybridized carbons (Fsp3) is 0.571. The molecule has 0 aromatic heterocycles. The van der Waals surface area contributed by atoms with Gasteiger partial charge in [-0.05, 0) is 0 Å². The van der Waals surface area contributed by atoms with E-state index in [4.69, 9.17) is 9.84 Å². The second-order valence-corrected chi connectivity index (χ2v) is 2.69. The van der Waals surface area contributed by atoms with E-state index < -0.39 is 6.10 Å². The zero-order valence-corrected chi connectivity index (χ0v) is 5.36. The monoisotopic (exact) mass is 140 g/mol. The van der Waals surface area contributed by atoms with Gasteiger partial charge in [0.25, 0.3) is 0 Å². The number of rotatable bonds is 0. The van der Waals surface area contributed by atoms with Crippen LogP contribution < -0.4 is 0 Å². The average Bonchev–Trinajstić information content (AvgIpc) is 2.21. The van der Waals surface area contributed by atoms with E-state index in [1.54, 1.807) is 12.2 Å². The van der Waals surface area contributed by atoms with Gasteiger partial charge in [-0.3, -0.25) is 4.79 Å². The Morgan fingerprint density at radius 3 is 3.10 bits per heavy atom. The summed E-state index contributed by atoms with van der Waals surface area (Å²) >= 11 is 0. The molecule has 54 valence electrons. The Balaban J connectivity index is 2.27. The Kier molecular flexibility index (Phi) is 1.08. The molecule has 1 fully saturated rings. The van der Waals surface area contributed by atoms with Crippen molar-refractivity contribution in [3.8, 4) is 0 Å². The Labute approximate surface area is 58.3 Å². The van der Waals surface area contributed by atoms with Crippen molar-refractivity contribution >= 4 is 5.97 Å². The maximum absolute atomic E-state index is 10.8. The second kappa shape index (κ2) is 1.83. The lowest BCUT2D eigenvalue weighted by Gasteiger charge is -2.14. The molecule has 2 aliphatic rings. The number of ether oxygens (including phenoxy) is 1. The van der Waals surface area contributed by atoms with E-state index in [2.05, 4.69) is 0 Å². The predicted molar refractivity (Wildman–Crippen MR) is 33.1 cm³/mol. The molecule has 1 saturated heterocycles. The van der Waals surface area contributed by atoms with Gasteiger partial charge in [0, 0.05) is 6.42 Å². The van der Waals surface area contributed by atoms with Gasteiger partial charge in [0.2, 0.25) is 0 Å². The zero-order chi connectivity index (χ0) is 7.14. The Bertz CT molecular complexity index is 197. The summed E-state index contributed by atoms with van der Waals surface area (Å²) in [5, 5.41) is 9.15. The lowest BCUT2D eigenvalue weighted by molar-refractivity contribution is -0.145. The first-order chi connectivity index (χ1) is 4.77. The third-order valence-corrected chi connectivity index (χ3v) is 1.98. The highest BCUT2D eigenvalue weighted by Crippen LogP contribution is 2.29. The molecule has 10 heavy (non-hydrogen) atoms. The molecule has 3 nitrogen and oxygen atoms in total. The van der Waals surface area contributed by atoms with Gasteiger partial charge in [0.1, 0.15) is 12.2 Å². The molecule has 1 aliphatic heterocycles. The molecule has 1 aliphatic carbocycles. The molecular weight excluding hydrogens is 132 g/mol. The molecule has 0 spiro atoms. The first kappa shape index (κ1) is 5.92. The smallest absolute Gasteiger partial charge is 0.313 e. The van der Waals surface area contributed by atoms with Crippen LogP contribution in [-0.4, -0.2) is 23.3 Å². The molecule has 0 aromatic carbocycles. The van der Waals surface area contributed by atoms with E-state index >= 15 is 0 Å². The number of fused-ring (bicyclic) bond motifs is 2. The number of carbonyl (C=O) groups is 1. The van der Waals surface area contributed by atoms with Crippen LogP contribution in [0.1, 0.15) is 6.42 Å². The van der Waals surface area contributed by atoms with Gasteiger partial charge in [-0.1, -0.05) is 12.2 Å². The molecule has 0 unspecified atom stereocenters. The first-order valence-corrected chi connectivity index (χ1v) is 3.34. The highest BCUT2D eigenvalue weighted by atomic mass is 16.6. The topological polar surface area (TPSA) is 46.5 Å². The summed E-state index contributed by atoms with van der Waals surface area (Å²) in [4.78, 5) is 10.8. The molecule has 3 atom stereocenters. The van der Waals surface area contributed by atoms with E-state index in [-0.39, 0.29) is 18.0 Å². The van der Waals surface area contributed by atoms with Gasteiger partial charge >= 0.3 is 5.97 Å². The third-order valence-electron chi connectivity index (χ3n) is 1.98. The van der Waals surface area contributed by atoms with Crippen LogP contribution in [0.25, 0.3) is 0 Å². The molecule has 0 amide bonds. The fourth-order valence-corrected chi connectivity index (χ4v) is 1.37. The Morgan fingerprint density at radius 1 is 1.60 bits per heavy atom. The molecule has 2 bridgehead atoms. The van der Waals surface area contributed by atoms with E-state index in [0.29, 0.717) is 6.42 Å². The largest absolute Gasteiger partial charge is 0.459 e. The van der Waals surface area contributed by atoms with Crippen molar-refractivity contribution in [2.24, 2.45) is 5.92 Å². The van der Waals surface area contributed by atoms with Crippen LogP contribution in [0.2, 0.25) is 0 Å². The van der Waals surface area contributed by atoms with Crippen LogP contribution >= 0.6 is 0 Å². The van der Waals surface area contributed by atoms with Crippen LogP contribution in [0.3, 0.4) is 0 Å². The number of hydrogen-bond donors (Lipinski definition) is 1. The summed E-state index contributed by atoms with van der Waals surface area (Å²) in [5.41, 5.74) is 0. The van der Waals surface area contributed by atoms with Gasteiger partial charge in [0.15, 0.2) is 0 Å². The van der Waals surface area contributed by atoms with Crippen LogP contribution in [0.4, 0.5) is 0 Å². The Morgan fingerprint density at radius 2 is 2.40 bits per heavy atom. The second-order valence-electron chi connectivity index (χ2n) is 2.69. The molecule has 1 heterocycles. The van der Waals surface area contributed by atoms with Crippen LogP contribution in [0.15, 0.2) is 12.2 Å². The first-order valence-electron chi connectivity index (χ1n) is 3.34.